The number of benzene rings is 1. The normalized spacial score (nSPS) is 17.3. The van der Waals surface area contributed by atoms with Crippen molar-refractivity contribution in [3.63, 3.8) is 0 Å². The van der Waals surface area contributed by atoms with Gasteiger partial charge in [0.15, 0.2) is 5.89 Å². The minimum atomic E-state index is -1.07. The quantitative estimate of drug-likeness (QED) is 0.523. The summed E-state index contributed by atoms with van der Waals surface area (Å²) in [5.41, 5.74) is 1.45. The number of carbonyl (C=O) groups excluding carboxylic acids is 4. The fraction of sp³-hybridized carbons (Fsp3) is 0.458. The first kappa shape index (κ1) is 24.9. The number of alkyl carbamates (subject to hydrolysis) is 1. The molecule has 0 saturated carbocycles. The average Bonchev–Trinajstić information content (AvgIpc) is 3.26. The first-order valence-corrected chi connectivity index (χ1v) is 11.3. The summed E-state index contributed by atoms with van der Waals surface area (Å²) in [6.07, 6.45) is 1.96. The minimum absolute atomic E-state index is 0.0592. The Morgan fingerprint density at radius 2 is 1.97 bits per heavy atom. The molecule has 2 atom stereocenters. The van der Waals surface area contributed by atoms with E-state index in [1.165, 1.54) is 6.26 Å². The molecule has 1 aromatic carbocycles. The topological polar surface area (TPSA) is 140 Å². The molecule has 0 spiro atoms. The van der Waals surface area contributed by atoms with Crippen molar-refractivity contribution in [3.8, 4) is 0 Å². The maximum Gasteiger partial charge on any atom is 0.408 e. The molecule has 2 bridgehead atoms. The monoisotopic (exact) mass is 470 g/mol. The van der Waals surface area contributed by atoms with E-state index in [0.717, 1.165) is 5.56 Å². The number of hydrogen-bond donors (Lipinski definition) is 3. The van der Waals surface area contributed by atoms with Gasteiger partial charge in [0.1, 0.15) is 18.9 Å². The fourth-order valence-electron chi connectivity index (χ4n) is 3.55. The largest absolute Gasteiger partial charge is 0.449 e. The first-order valence-electron chi connectivity index (χ1n) is 11.3. The summed E-state index contributed by atoms with van der Waals surface area (Å²) >= 11 is 0. The van der Waals surface area contributed by atoms with Gasteiger partial charge in [0, 0.05) is 13.0 Å². The van der Waals surface area contributed by atoms with Crippen LogP contribution in [0.25, 0.3) is 0 Å². The molecule has 2 aromatic rings. The van der Waals surface area contributed by atoms with Gasteiger partial charge in [-0.2, -0.15) is 0 Å². The lowest BCUT2D eigenvalue weighted by Crippen LogP contribution is -2.54. The number of amides is 3. The Balaban J connectivity index is 1.65. The Hall–Kier alpha value is -3.69. The highest BCUT2D eigenvalue weighted by molar-refractivity contribution is 6.38. The number of fused-ring (bicyclic) bond motifs is 2. The van der Waals surface area contributed by atoms with Gasteiger partial charge < -0.3 is 25.1 Å². The lowest BCUT2D eigenvalue weighted by molar-refractivity contribution is -0.140. The van der Waals surface area contributed by atoms with E-state index >= 15 is 0 Å². The van der Waals surface area contributed by atoms with Crippen LogP contribution >= 0.6 is 0 Å². The number of ketones is 1. The van der Waals surface area contributed by atoms with Crippen molar-refractivity contribution in [1.29, 1.82) is 0 Å². The second-order valence-electron chi connectivity index (χ2n) is 8.59. The molecule has 0 aliphatic carbocycles. The number of ether oxygens (including phenoxy) is 1. The lowest BCUT2D eigenvalue weighted by atomic mass is 10.0. The third-order valence-corrected chi connectivity index (χ3v) is 5.30. The van der Waals surface area contributed by atoms with Crippen LogP contribution < -0.4 is 16.0 Å². The molecule has 0 saturated heterocycles. The Bertz CT molecular complexity index is 1000. The zero-order valence-electron chi connectivity index (χ0n) is 19.3. The van der Waals surface area contributed by atoms with Crippen LogP contribution in [0.3, 0.4) is 0 Å². The van der Waals surface area contributed by atoms with Crippen LogP contribution in [0.2, 0.25) is 0 Å². The predicted molar refractivity (Wildman–Crippen MR) is 121 cm³/mol. The Labute approximate surface area is 197 Å². The van der Waals surface area contributed by atoms with Gasteiger partial charge in [-0.05, 0) is 30.7 Å². The van der Waals surface area contributed by atoms with Crippen LogP contribution in [-0.2, 0) is 38.6 Å². The summed E-state index contributed by atoms with van der Waals surface area (Å²) in [5.74, 6) is -1.54. The first-order chi connectivity index (χ1) is 16.3. The number of Topliss-reactive ketones (excluding diaryl/α,β-unsaturated/α-hetero) is 1. The highest BCUT2D eigenvalue weighted by atomic mass is 16.5. The highest BCUT2D eigenvalue weighted by Gasteiger charge is 2.31. The molecule has 3 N–H and O–H groups in total. The van der Waals surface area contributed by atoms with Gasteiger partial charge in [-0.15, -0.1) is 0 Å². The third-order valence-electron chi connectivity index (χ3n) is 5.30. The van der Waals surface area contributed by atoms with Crippen LogP contribution in [0.15, 0.2) is 41.0 Å². The van der Waals surface area contributed by atoms with Crippen molar-refractivity contribution >= 4 is 23.7 Å². The summed E-state index contributed by atoms with van der Waals surface area (Å²) in [7, 11) is 0. The standard InChI is InChI=1S/C24H30N4O6/c1-15(2)12-19(28-24(32)34-13-16-6-4-3-5-7-16)22(30)27-18-9-8-17-14-33-20(26-17)10-11-25-23(31)21(18)29/h3-7,14-15,18-19H,8-13H2,1-2H3,(H,25,31)(H,27,30)(H,28,32). The summed E-state index contributed by atoms with van der Waals surface area (Å²) < 4.78 is 10.6. The van der Waals surface area contributed by atoms with E-state index in [9.17, 15) is 19.2 Å². The minimum Gasteiger partial charge on any atom is -0.449 e. The molecule has 34 heavy (non-hydrogen) atoms. The number of oxazole rings is 1. The van der Waals surface area contributed by atoms with E-state index in [-0.39, 0.29) is 25.5 Å². The second kappa shape index (κ2) is 12.0. The van der Waals surface area contributed by atoms with Crippen molar-refractivity contribution < 1.29 is 28.3 Å². The smallest absolute Gasteiger partial charge is 0.408 e. The van der Waals surface area contributed by atoms with Crippen LogP contribution in [0.4, 0.5) is 4.79 Å². The van der Waals surface area contributed by atoms with Crippen molar-refractivity contribution in [2.75, 3.05) is 6.54 Å². The van der Waals surface area contributed by atoms with Gasteiger partial charge in [0.2, 0.25) is 11.7 Å². The molecule has 1 aliphatic heterocycles. The van der Waals surface area contributed by atoms with E-state index in [1.54, 1.807) is 0 Å². The molecule has 1 aliphatic rings. The number of hydrogen-bond acceptors (Lipinski definition) is 7. The highest BCUT2D eigenvalue weighted by Crippen LogP contribution is 2.11. The maximum atomic E-state index is 13.1. The number of nitrogens with one attached hydrogen (secondary N) is 3. The summed E-state index contributed by atoms with van der Waals surface area (Å²) in [6, 6.07) is 7.16. The number of aryl methyl sites for hydroxylation is 1. The van der Waals surface area contributed by atoms with E-state index in [0.29, 0.717) is 30.8 Å². The Kier molecular flexibility index (Phi) is 8.78. The SMILES string of the molecule is CC(C)CC(NC(=O)OCc1ccccc1)C(=O)NC1CCc2coc(n2)CCNC(=O)C1=O. The lowest BCUT2D eigenvalue weighted by Gasteiger charge is -2.23. The van der Waals surface area contributed by atoms with Crippen LogP contribution in [0.1, 0.15) is 43.8 Å². The van der Waals surface area contributed by atoms with Crippen molar-refractivity contribution in [1.82, 2.24) is 20.9 Å². The third kappa shape index (κ3) is 7.43. The molecular formula is C24H30N4O6. The summed E-state index contributed by atoms with van der Waals surface area (Å²) in [4.78, 5) is 54.7. The van der Waals surface area contributed by atoms with E-state index in [4.69, 9.17) is 9.15 Å². The number of rotatable bonds is 7. The Morgan fingerprint density at radius 1 is 1.21 bits per heavy atom. The summed E-state index contributed by atoms with van der Waals surface area (Å²) in [6.45, 7) is 4.07. The molecule has 182 valence electrons. The maximum absolute atomic E-state index is 13.1. The van der Waals surface area contributed by atoms with E-state index < -0.39 is 35.8 Å². The summed E-state index contributed by atoms with van der Waals surface area (Å²) in [5, 5.41) is 7.75. The molecular weight excluding hydrogens is 440 g/mol. The van der Waals surface area contributed by atoms with Gasteiger partial charge in [0.05, 0.1) is 11.7 Å². The van der Waals surface area contributed by atoms with Gasteiger partial charge in [-0.3, -0.25) is 14.4 Å². The van der Waals surface area contributed by atoms with Crippen LogP contribution in [0.5, 0.6) is 0 Å². The van der Waals surface area contributed by atoms with Crippen LogP contribution in [-0.4, -0.2) is 47.3 Å². The van der Waals surface area contributed by atoms with Crippen molar-refractivity contribution in [2.45, 2.75) is 58.2 Å². The van der Waals surface area contributed by atoms with E-state index in [2.05, 4.69) is 20.9 Å². The molecule has 3 rings (SSSR count). The van der Waals surface area contributed by atoms with E-state index in [1.807, 2.05) is 44.2 Å². The molecule has 3 amide bonds. The molecule has 0 fully saturated rings. The van der Waals surface area contributed by atoms with Gasteiger partial charge in [-0.25, -0.2) is 9.78 Å². The van der Waals surface area contributed by atoms with Gasteiger partial charge >= 0.3 is 6.09 Å². The predicted octanol–water partition coefficient (Wildman–Crippen LogP) is 1.67. The molecule has 2 heterocycles. The molecule has 10 heteroatoms. The zero-order chi connectivity index (χ0) is 24.5. The molecule has 10 nitrogen and oxygen atoms in total. The zero-order valence-corrected chi connectivity index (χ0v) is 19.3. The van der Waals surface area contributed by atoms with Crippen LogP contribution in [0, 0.1) is 5.92 Å². The molecule has 0 radical (unpaired) electrons. The number of carbonyl (C=O) groups is 4. The molecule has 1 aromatic heterocycles. The van der Waals surface area contributed by atoms with Crippen molar-refractivity contribution in [2.24, 2.45) is 5.92 Å². The van der Waals surface area contributed by atoms with Gasteiger partial charge in [0.25, 0.3) is 5.91 Å². The number of nitrogens with zero attached hydrogens (tertiary/aromatic N) is 1. The fourth-order valence-corrected chi connectivity index (χ4v) is 3.55. The molecule has 2 unspecified atom stereocenters. The average molecular weight is 471 g/mol. The number of aromatic nitrogens is 1. The Morgan fingerprint density at radius 3 is 2.71 bits per heavy atom. The second-order valence-corrected chi connectivity index (χ2v) is 8.59. The van der Waals surface area contributed by atoms with Gasteiger partial charge in [-0.1, -0.05) is 44.2 Å². The van der Waals surface area contributed by atoms with Crippen molar-refractivity contribution in [3.05, 3.63) is 53.7 Å².